The van der Waals surface area contributed by atoms with Gasteiger partial charge >= 0.3 is 0 Å². The van der Waals surface area contributed by atoms with E-state index in [1.165, 1.54) is 11.1 Å². The summed E-state index contributed by atoms with van der Waals surface area (Å²) in [5, 5.41) is 0. The molecular formula is C12H14. The van der Waals surface area contributed by atoms with Crippen molar-refractivity contribution in [3.05, 3.63) is 53.6 Å². The first kappa shape index (κ1) is 8.79. The Balaban J connectivity index is 2.81. The zero-order chi connectivity index (χ0) is 8.81. The summed E-state index contributed by atoms with van der Waals surface area (Å²) < 4.78 is 0. The van der Waals surface area contributed by atoms with Crippen molar-refractivity contribution in [3.63, 3.8) is 0 Å². The summed E-state index contributed by atoms with van der Waals surface area (Å²) in [6.45, 7) is 4.13. The van der Waals surface area contributed by atoms with E-state index in [0.29, 0.717) is 0 Å². The van der Waals surface area contributed by atoms with Crippen LogP contribution >= 0.6 is 0 Å². The van der Waals surface area contributed by atoms with Gasteiger partial charge in [0.1, 0.15) is 0 Å². The molecule has 0 unspecified atom stereocenters. The summed E-state index contributed by atoms with van der Waals surface area (Å²) in [7, 11) is 0. The Morgan fingerprint density at radius 3 is 2.42 bits per heavy atom. The lowest BCUT2D eigenvalue weighted by Crippen LogP contribution is -1.71. The van der Waals surface area contributed by atoms with Crippen molar-refractivity contribution in [3.8, 4) is 0 Å². The van der Waals surface area contributed by atoms with Crippen LogP contribution in [0.5, 0.6) is 0 Å². The molecule has 0 aromatic heterocycles. The molecule has 0 saturated carbocycles. The summed E-state index contributed by atoms with van der Waals surface area (Å²) in [5.41, 5.74) is 2.54. The van der Waals surface area contributed by atoms with E-state index in [-0.39, 0.29) is 0 Å². The highest BCUT2D eigenvalue weighted by atomic mass is 13.9. The van der Waals surface area contributed by atoms with E-state index in [4.69, 9.17) is 0 Å². The van der Waals surface area contributed by atoms with Crippen molar-refractivity contribution in [2.75, 3.05) is 0 Å². The molecule has 0 fully saturated rings. The van der Waals surface area contributed by atoms with E-state index in [1.807, 2.05) is 13.0 Å². The molecule has 0 atom stereocenters. The molecule has 1 rings (SSSR count). The maximum absolute atomic E-state index is 2.17. The molecule has 0 aliphatic carbocycles. The highest BCUT2D eigenvalue weighted by Crippen LogP contribution is 2.06. The third-order valence-electron chi connectivity index (χ3n) is 1.62. The second-order valence-corrected chi connectivity index (χ2v) is 2.80. The van der Waals surface area contributed by atoms with E-state index in [0.717, 1.165) is 0 Å². The Morgan fingerprint density at radius 2 is 1.83 bits per heavy atom. The average molecular weight is 158 g/mol. The van der Waals surface area contributed by atoms with Crippen LogP contribution in [0.25, 0.3) is 6.08 Å². The van der Waals surface area contributed by atoms with Crippen molar-refractivity contribution in [1.29, 1.82) is 0 Å². The van der Waals surface area contributed by atoms with Gasteiger partial charge < -0.3 is 0 Å². The zero-order valence-corrected chi connectivity index (χ0v) is 7.62. The van der Waals surface area contributed by atoms with Gasteiger partial charge in [0.05, 0.1) is 0 Å². The van der Waals surface area contributed by atoms with Gasteiger partial charge in [-0.2, -0.15) is 0 Å². The Bertz CT molecular complexity index is 278. The fourth-order valence-electron chi connectivity index (χ4n) is 1.12. The maximum Gasteiger partial charge on any atom is -0.0254 e. The van der Waals surface area contributed by atoms with Gasteiger partial charge in [-0.05, 0) is 19.4 Å². The molecule has 1 aromatic rings. The van der Waals surface area contributed by atoms with Crippen LogP contribution in [0.1, 0.15) is 19.4 Å². The van der Waals surface area contributed by atoms with Gasteiger partial charge in [0.2, 0.25) is 0 Å². The molecule has 0 saturated heterocycles. The van der Waals surface area contributed by atoms with Gasteiger partial charge in [0.15, 0.2) is 0 Å². The van der Waals surface area contributed by atoms with Crippen molar-refractivity contribution < 1.29 is 0 Å². The Kier molecular flexibility index (Phi) is 3.34. The first-order valence-electron chi connectivity index (χ1n) is 4.19. The van der Waals surface area contributed by atoms with E-state index >= 15 is 0 Å². The monoisotopic (exact) mass is 158 g/mol. The molecule has 62 valence electrons. The first-order valence-corrected chi connectivity index (χ1v) is 4.19. The van der Waals surface area contributed by atoms with Crippen LogP contribution in [0, 0.1) is 0 Å². The quantitative estimate of drug-likeness (QED) is 0.576. The lowest BCUT2D eigenvalue weighted by atomic mass is 10.1. The van der Waals surface area contributed by atoms with Gasteiger partial charge in [-0.25, -0.2) is 0 Å². The van der Waals surface area contributed by atoms with Crippen molar-refractivity contribution in [1.82, 2.24) is 0 Å². The molecule has 12 heavy (non-hydrogen) atoms. The topological polar surface area (TPSA) is 0 Å². The number of benzene rings is 1. The molecule has 0 heteroatoms. The lowest BCUT2D eigenvalue weighted by molar-refractivity contribution is 1.52. The van der Waals surface area contributed by atoms with Gasteiger partial charge in [-0.3, -0.25) is 0 Å². The standard InChI is InChI=1S/C12H14/c1-3-7-11(2)10-12-8-5-4-6-9-12/h3-10H,1-2H3/b7-3+,11-10-. The summed E-state index contributed by atoms with van der Waals surface area (Å²) in [4.78, 5) is 0. The first-order chi connectivity index (χ1) is 5.83. The predicted octanol–water partition coefficient (Wildman–Crippen LogP) is 3.67. The molecule has 0 heterocycles. The maximum atomic E-state index is 2.17. The normalized spacial score (nSPS) is 12.3. The molecule has 0 spiro atoms. The smallest absolute Gasteiger partial charge is 0.0254 e. The summed E-state index contributed by atoms with van der Waals surface area (Å²) in [6.07, 6.45) is 6.32. The second-order valence-electron chi connectivity index (χ2n) is 2.80. The van der Waals surface area contributed by atoms with Crippen molar-refractivity contribution in [2.24, 2.45) is 0 Å². The SMILES string of the molecule is C/C=C/C(C)=C\c1ccccc1. The van der Waals surface area contributed by atoms with Gasteiger partial charge in [-0.15, -0.1) is 0 Å². The van der Waals surface area contributed by atoms with Crippen LogP contribution in [0.3, 0.4) is 0 Å². The van der Waals surface area contributed by atoms with E-state index in [9.17, 15) is 0 Å². The minimum Gasteiger partial charge on any atom is -0.0874 e. The number of hydrogen-bond donors (Lipinski definition) is 0. The lowest BCUT2D eigenvalue weighted by Gasteiger charge is -1.93. The van der Waals surface area contributed by atoms with E-state index < -0.39 is 0 Å². The van der Waals surface area contributed by atoms with Crippen LogP contribution in [0.15, 0.2) is 48.1 Å². The van der Waals surface area contributed by atoms with Crippen LogP contribution in [0.2, 0.25) is 0 Å². The van der Waals surface area contributed by atoms with Crippen LogP contribution in [-0.2, 0) is 0 Å². The molecule has 0 radical (unpaired) electrons. The third kappa shape index (κ3) is 2.75. The molecule has 1 aromatic carbocycles. The van der Waals surface area contributed by atoms with Crippen molar-refractivity contribution in [2.45, 2.75) is 13.8 Å². The molecule has 0 aliphatic rings. The van der Waals surface area contributed by atoms with Gasteiger partial charge in [-0.1, -0.05) is 54.1 Å². The summed E-state index contributed by atoms with van der Waals surface area (Å²) >= 11 is 0. The average Bonchev–Trinajstić information content (AvgIpc) is 2.06. The number of allylic oxidation sites excluding steroid dienone is 3. The molecule has 0 aliphatic heterocycles. The molecule has 0 bridgehead atoms. The molecule has 0 amide bonds. The number of hydrogen-bond acceptors (Lipinski definition) is 0. The Morgan fingerprint density at radius 1 is 1.17 bits per heavy atom. The highest BCUT2D eigenvalue weighted by Gasteiger charge is 1.84. The van der Waals surface area contributed by atoms with E-state index in [2.05, 4.69) is 49.4 Å². The summed E-state index contributed by atoms with van der Waals surface area (Å²) in [5.74, 6) is 0. The third-order valence-corrected chi connectivity index (χ3v) is 1.62. The highest BCUT2D eigenvalue weighted by molar-refractivity contribution is 5.54. The zero-order valence-electron chi connectivity index (χ0n) is 7.62. The minimum absolute atomic E-state index is 1.26. The van der Waals surface area contributed by atoms with Gasteiger partial charge in [0.25, 0.3) is 0 Å². The van der Waals surface area contributed by atoms with E-state index in [1.54, 1.807) is 0 Å². The largest absolute Gasteiger partial charge is 0.0874 e. The molecule has 0 N–H and O–H groups in total. The molecular weight excluding hydrogens is 144 g/mol. The fourth-order valence-corrected chi connectivity index (χ4v) is 1.12. The van der Waals surface area contributed by atoms with Crippen molar-refractivity contribution >= 4 is 6.08 Å². The van der Waals surface area contributed by atoms with Crippen LogP contribution < -0.4 is 0 Å². The van der Waals surface area contributed by atoms with Crippen LogP contribution in [0.4, 0.5) is 0 Å². The number of rotatable bonds is 2. The van der Waals surface area contributed by atoms with Gasteiger partial charge in [0, 0.05) is 0 Å². The minimum atomic E-state index is 1.26. The Labute approximate surface area is 74.2 Å². The molecule has 0 nitrogen and oxygen atoms in total. The second kappa shape index (κ2) is 4.55. The fraction of sp³-hybridized carbons (Fsp3) is 0.167. The Hall–Kier alpha value is -1.30. The summed E-state index contributed by atoms with van der Waals surface area (Å²) in [6, 6.07) is 10.3. The predicted molar refractivity (Wildman–Crippen MR) is 54.9 cm³/mol. The van der Waals surface area contributed by atoms with Crippen LogP contribution in [-0.4, -0.2) is 0 Å².